The first-order valence-electron chi connectivity index (χ1n) is 17.3. The number of benzene rings is 2. The average Bonchev–Trinajstić information content (AvgIpc) is 3.55. The van der Waals surface area contributed by atoms with Gasteiger partial charge in [0.2, 0.25) is 0 Å². The number of nitriles is 1. The van der Waals surface area contributed by atoms with Crippen LogP contribution in [0.4, 0.5) is 23.0 Å². The van der Waals surface area contributed by atoms with Crippen molar-refractivity contribution in [3.63, 3.8) is 0 Å². The van der Waals surface area contributed by atoms with E-state index < -0.39 is 5.41 Å². The van der Waals surface area contributed by atoms with Crippen molar-refractivity contribution in [3.8, 4) is 11.9 Å². The van der Waals surface area contributed by atoms with E-state index in [2.05, 4.69) is 41.8 Å². The summed E-state index contributed by atoms with van der Waals surface area (Å²) in [4.78, 5) is 27.1. The zero-order valence-electron chi connectivity index (χ0n) is 29.1. The molecule has 0 saturated carbocycles. The number of aromatic nitrogens is 4. The third kappa shape index (κ3) is 8.64. The summed E-state index contributed by atoms with van der Waals surface area (Å²) in [7, 11) is 0. The molecule has 2 aromatic heterocycles. The first-order chi connectivity index (χ1) is 24.3. The Morgan fingerprint density at radius 3 is 2.48 bits per heavy atom. The molecule has 0 spiro atoms. The van der Waals surface area contributed by atoms with Crippen molar-refractivity contribution in [3.05, 3.63) is 83.3 Å². The molecule has 2 fully saturated rings. The maximum Gasteiger partial charge on any atom is 0.255 e. The summed E-state index contributed by atoms with van der Waals surface area (Å²) in [6.07, 6.45) is 2.20. The minimum Gasteiger partial charge on any atom is -0.379 e. The van der Waals surface area contributed by atoms with Gasteiger partial charge in [-0.25, -0.2) is 9.97 Å². The first kappa shape index (κ1) is 35.0. The van der Waals surface area contributed by atoms with Gasteiger partial charge < -0.3 is 25.4 Å². The van der Waals surface area contributed by atoms with Gasteiger partial charge in [0.15, 0.2) is 5.82 Å². The van der Waals surface area contributed by atoms with Crippen LogP contribution in [0.3, 0.4) is 0 Å². The number of amides is 1. The molecule has 2 aliphatic rings. The number of aryl methyl sites for hydroxylation is 1. The van der Waals surface area contributed by atoms with Gasteiger partial charge in [-0.1, -0.05) is 25.1 Å². The predicted molar refractivity (Wildman–Crippen MR) is 193 cm³/mol. The predicted octanol–water partition coefficient (Wildman–Crippen LogP) is 4.73. The van der Waals surface area contributed by atoms with Crippen molar-refractivity contribution in [1.82, 2.24) is 29.5 Å². The van der Waals surface area contributed by atoms with E-state index in [0.717, 1.165) is 86.6 Å². The number of rotatable bonds is 13. The van der Waals surface area contributed by atoms with E-state index >= 15 is 0 Å². The lowest BCUT2D eigenvalue weighted by molar-refractivity contribution is 0.0336. The lowest BCUT2D eigenvalue weighted by atomic mass is 9.81. The maximum atomic E-state index is 13.4. The van der Waals surface area contributed by atoms with Crippen molar-refractivity contribution in [2.24, 2.45) is 0 Å². The molecule has 13 heteroatoms. The first-order valence-corrected chi connectivity index (χ1v) is 17.3. The van der Waals surface area contributed by atoms with Gasteiger partial charge in [-0.15, -0.1) is 0 Å². The van der Waals surface area contributed by atoms with Crippen LogP contribution in [0.15, 0.2) is 60.9 Å². The monoisotopic (exact) mass is 678 g/mol. The highest BCUT2D eigenvalue weighted by Gasteiger charge is 2.25. The summed E-state index contributed by atoms with van der Waals surface area (Å²) in [5.41, 5.74) is 4.00. The van der Waals surface area contributed by atoms with Crippen molar-refractivity contribution in [2.75, 3.05) is 81.6 Å². The number of nitrogens with zero attached hydrogens (tertiary/aromatic N) is 7. The summed E-state index contributed by atoms with van der Waals surface area (Å²) in [5.74, 6) is 1.84. The average molecular weight is 679 g/mol. The molecule has 6 rings (SSSR count). The number of nitrogens with one attached hydrogen (secondary N) is 3. The fraction of sp³-hybridized carbons (Fsp3) is 0.432. The number of morpholine rings is 2. The summed E-state index contributed by atoms with van der Waals surface area (Å²) in [5, 5.41) is 24.8. The summed E-state index contributed by atoms with van der Waals surface area (Å²) >= 11 is 0. The third-order valence-electron chi connectivity index (χ3n) is 9.43. The van der Waals surface area contributed by atoms with Crippen LogP contribution in [0.1, 0.15) is 47.4 Å². The van der Waals surface area contributed by atoms with Crippen LogP contribution >= 0.6 is 0 Å². The molecule has 0 aliphatic carbocycles. The number of hydrogen-bond donors (Lipinski definition) is 3. The van der Waals surface area contributed by atoms with Crippen molar-refractivity contribution in [1.29, 1.82) is 5.26 Å². The van der Waals surface area contributed by atoms with Gasteiger partial charge in [0.05, 0.1) is 43.6 Å². The second-order valence-corrected chi connectivity index (χ2v) is 13.0. The highest BCUT2D eigenvalue weighted by molar-refractivity contribution is 6.04. The smallest absolute Gasteiger partial charge is 0.255 e. The Hall–Kier alpha value is -4.87. The molecule has 4 aromatic rings. The lowest BCUT2D eigenvalue weighted by Gasteiger charge is -2.26. The van der Waals surface area contributed by atoms with E-state index in [9.17, 15) is 10.1 Å². The van der Waals surface area contributed by atoms with E-state index in [-0.39, 0.29) is 5.91 Å². The Balaban J connectivity index is 1.22. The van der Waals surface area contributed by atoms with Crippen LogP contribution in [0.5, 0.6) is 0 Å². The lowest BCUT2D eigenvalue weighted by Crippen LogP contribution is -2.39. The highest BCUT2D eigenvalue weighted by Crippen LogP contribution is 2.29. The molecular weight excluding hydrogens is 632 g/mol. The quantitative estimate of drug-likeness (QED) is 0.180. The second kappa shape index (κ2) is 16.2. The normalized spacial score (nSPS) is 16.7. The Morgan fingerprint density at radius 1 is 0.980 bits per heavy atom. The molecule has 0 bridgehead atoms. The van der Waals surface area contributed by atoms with Crippen molar-refractivity contribution in [2.45, 2.75) is 39.2 Å². The van der Waals surface area contributed by atoms with Gasteiger partial charge in [-0.05, 0) is 55.7 Å². The Bertz CT molecular complexity index is 1810. The summed E-state index contributed by atoms with van der Waals surface area (Å²) in [6, 6.07) is 19.4. The van der Waals surface area contributed by atoms with E-state index in [1.807, 2.05) is 63.2 Å². The van der Waals surface area contributed by atoms with Crippen LogP contribution in [0.25, 0.3) is 5.82 Å². The van der Waals surface area contributed by atoms with E-state index in [1.165, 1.54) is 0 Å². The number of carbonyl (C=O) groups excluding carboxylic acids is 1. The number of hydrogen-bond acceptors (Lipinski definition) is 11. The number of ether oxygens (including phenoxy) is 2. The Kier molecular flexibility index (Phi) is 11.3. The molecule has 0 radical (unpaired) electrons. The molecule has 1 amide bonds. The molecule has 1 atom stereocenters. The van der Waals surface area contributed by atoms with Gasteiger partial charge in [0.1, 0.15) is 18.0 Å². The van der Waals surface area contributed by atoms with Gasteiger partial charge in [-0.3, -0.25) is 14.6 Å². The van der Waals surface area contributed by atoms with Crippen LogP contribution in [0.2, 0.25) is 0 Å². The molecular formula is C37H46N10O3. The Morgan fingerprint density at radius 2 is 1.74 bits per heavy atom. The fourth-order valence-electron chi connectivity index (χ4n) is 6.01. The van der Waals surface area contributed by atoms with Gasteiger partial charge >= 0.3 is 0 Å². The topological polar surface area (TPSA) is 145 Å². The van der Waals surface area contributed by atoms with Crippen LogP contribution in [-0.4, -0.2) is 101 Å². The fourth-order valence-corrected chi connectivity index (χ4v) is 6.01. The van der Waals surface area contributed by atoms with E-state index in [4.69, 9.17) is 14.6 Å². The zero-order valence-corrected chi connectivity index (χ0v) is 29.1. The standard InChI is InChI=1S/C37H46N10O3/c1-4-37(3,25-38)29-7-5-6-28(20-29)36(48)42-30-9-8-27(2)32(21-30)43-35-22-31(24-46-14-18-50-19-15-46)44-47(35)34-23-33(40-26-41-34)39-10-11-45-12-16-49-17-13-45/h5-9,20-23,26,43H,4,10-19,24H2,1-3H3,(H,42,48)(H,39,40,41). The minimum atomic E-state index is -0.662. The van der Waals surface area contributed by atoms with Crippen LogP contribution in [-0.2, 0) is 21.4 Å². The molecule has 3 N–H and O–H groups in total. The number of anilines is 4. The van der Waals surface area contributed by atoms with E-state index in [0.29, 0.717) is 43.2 Å². The third-order valence-corrected chi connectivity index (χ3v) is 9.43. The van der Waals surface area contributed by atoms with Crippen LogP contribution in [0, 0.1) is 18.3 Å². The zero-order chi connectivity index (χ0) is 34.9. The molecule has 13 nitrogen and oxygen atoms in total. The number of carbonyl (C=O) groups is 1. The van der Waals surface area contributed by atoms with Crippen molar-refractivity contribution < 1.29 is 14.3 Å². The van der Waals surface area contributed by atoms with Crippen LogP contribution < -0.4 is 16.0 Å². The van der Waals surface area contributed by atoms with Crippen molar-refractivity contribution >= 4 is 28.9 Å². The largest absolute Gasteiger partial charge is 0.379 e. The molecule has 50 heavy (non-hydrogen) atoms. The molecule has 2 aromatic carbocycles. The molecule has 1 unspecified atom stereocenters. The second-order valence-electron chi connectivity index (χ2n) is 13.0. The summed E-state index contributed by atoms with van der Waals surface area (Å²) < 4.78 is 12.8. The minimum absolute atomic E-state index is 0.245. The van der Waals surface area contributed by atoms with Gasteiger partial charge in [0, 0.05) is 74.9 Å². The molecule has 262 valence electrons. The molecule has 2 saturated heterocycles. The Labute approximate surface area is 293 Å². The van der Waals surface area contributed by atoms with E-state index in [1.54, 1.807) is 23.1 Å². The molecule has 2 aliphatic heterocycles. The van der Waals surface area contributed by atoms with Gasteiger partial charge in [0.25, 0.3) is 5.91 Å². The SMILES string of the molecule is CCC(C)(C#N)c1cccc(C(=O)Nc2ccc(C)c(Nc3cc(CN4CCOCC4)nn3-c3cc(NCCN4CCOCC4)ncn3)c2)c1. The summed E-state index contributed by atoms with van der Waals surface area (Å²) in [6.45, 7) is 14.7. The highest BCUT2D eigenvalue weighted by atomic mass is 16.5. The van der Waals surface area contributed by atoms with Gasteiger partial charge in [-0.2, -0.15) is 15.0 Å². The maximum absolute atomic E-state index is 13.4. The molecule has 4 heterocycles.